The molecule has 3 aromatic carbocycles. The van der Waals surface area contributed by atoms with Crippen LogP contribution in [0.2, 0.25) is 0 Å². The van der Waals surface area contributed by atoms with Crippen LogP contribution in [0.3, 0.4) is 0 Å². The van der Waals surface area contributed by atoms with Crippen molar-refractivity contribution < 1.29 is 14.3 Å². The van der Waals surface area contributed by atoms with Crippen LogP contribution in [0.15, 0.2) is 90.3 Å². The minimum atomic E-state index is -0.193. The highest BCUT2D eigenvalue weighted by Gasteiger charge is 2.21. The molecule has 0 saturated carbocycles. The lowest BCUT2D eigenvalue weighted by molar-refractivity contribution is 0.0950. The lowest BCUT2D eigenvalue weighted by Gasteiger charge is -2.21. The number of fused-ring (bicyclic) bond motifs is 1. The first-order valence-corrected chi connectivity index (χ1v) is 15.0. The molecule has 0 bridgehead atoms. The molecule has 0 fully saturated rings. The van der Waals surface area contributed by atoms with Crippen LogP contribution in [-0.2, 0) is 13.2 Å². The van der Waals surface area contributed by atoms with E-state index in [0.29, 0.717) is 34.3 Å². The summed E-state index contributed by atoms with van der Waals surface area (Å²) in [6.07, 6.45) is 0. The number of hydrogen-bond donors (Lipinski definition) is 2. The van der Waals surface area contributed by atoms with Gasteiger partial charge in [0, 0.05) is 41.1 Å². The number of ether oxygens (including phenoxy) is 1. The van der Waals surface area contributed by atoms with Gasteiger partial charge in [-0.05, 0) is 66.8 Å². The first kappa shape index (κ1) is 27.4. The van der Waals surface area contributed by atoms with Crippen LogP contribution in [0.5, 0.6) is 5.75 Å². The number of anilines is 2. The number of benzene rings is 3. The maximum Gasteiger partial charge on any atom is 0.265 e. The normalized spacial score (nSPS) is 10.8. The Kier molecular flexibility index (Phi) is 8.78. The third-order valence-corrected chi connectivity index (χ3v) is 8.59. The molecular formula is C32H31N3O3S2. The first-order valence-electron chi connectivity index (χ1n) is 13.3. The van der Waals surface area contributed by atoms with Crippen LogP contribution in [0, 0.1) is 0 Å². The maximum atomic E-state index is 13.5. The summed E-state index contributed by atoms with van der Waals surface area (Å²) in [4.78, 5) is 29.4. The summed E-state index contributed by atoms with van der Waals surface area (Å²) >= 11 is 2.83. The third-order valence-electron chi connectivity index (χ3n) is 6.57. The topological polar surface area (TPSA) is 70.7 Å². The van der Waals surface area contributed by atoms with Crippen molar-refractivity contribution in [3.05, 3.63) is 111 Å². The van der Waals surface area contributed by atoms with Gasteiger partial charge in [-0.2, -0.15) is 0 Å². The minimum absolute atomic E-state index is 0.147. The van der Waals surface area contributed by atoms with E-state index in [1.165, 1.54) is 22.7 Å². The Morgan fingerprint density at radius 2 is 1.65 bits per heavy atom. The zero-order chi connectivity index (χ0) is 27.9. The molecule has 0 saturated heterocycles. The summed E-state index contributed by atoms with van der Waals surface area (Å²) in [6, 6.07) is 27.4. The Morgan fingerprint density at radius 3 is 2.40 bits per heavy atom. The van der Waals surface area contributed by atoms with Gasteiger partial charge in [0.25, 0.3) is 11.8 Å². The molecule has 0 radical (unpaired) electrons. The van der Waals surface area contributed by atoms with Crippen LogP contribution < -0.4 is 20.3 Å². The number of amides is 2. The summed E-state index contributed by atoms with van der Waals surface area (Å²) < 4.78 is 7.34. The van der Waals surface area contributed by atoms with Gasteiger partial charge in [0.15, 0.2) is 5.75 Å². The largest absolute Gasteiger partial charge is 0.487 e. The Bertz CT molecular complexity index is 1590. The summed E-state index contributed by atoms with van der Waals surface area (Å²) in [5.74, 6) is 0.264. The fourth-order valence-corrected chi connectivity index (χ4v) is 6.16. The van der Waals surface area contributed by atoms with E-state index < -0.39 is 0 Å². The summed E-state index contributed by atoms with van der Waals surface area (Å²) in [5, 5.41) is 8.79. The highest BCUT2D eigenvalue weighted by Crippen LogP contribution is 2.40. The predicted molar refractivity (Wildman–Crippen MR) is 166 cm³/mol. The van der Waals surface area contributed by atoms with Crippen LogP contribution in [0.1, 0.15) is 44.3 Å². The van der Waals surface area contributed by atoms with E-state index >= 15 is 0 Å². The Morgan fingerprint density at radius 1 is 0.850 bits per heavy atom. The summed E-state index contributed by atoms with van der Waals surface area (Å²) in [5.41, 5.74) is 3.71. The highest BCUT2D eigenvalue weighted by molar-refractivity contribution is 7.21. The van der Waals surface area contributed by atoms with Gasteiger partial charge >= 0.3 is 0 Å². The van der Waals surface area contributed by atoms with Crippen molar-refractivity contribution in [2.24, 2.45) is 0 Å². The predicted octanol–water partition coefficient (Wildman–Crippen LogP) is 7.57. The number of nitrogens with zero attached hydrogens (tertiary/aromatic N) is 1. The molecule has 0 aliphatic heterocycles. The second kappa shape index (κ2) is 12.8. The van der Waals surface area contributed by atoms with Gasteiger partial charge in [-0.25, -0.2) is 0 Å². The molecule has 2 heterocycles. The van der Waals surface area contributed by atoms with E-state index in [1.54, 1.807) is 6.07 Å². The highest BCUT2D eigenvalue weighted by atomic mass is 32.1. The second-order valence-corrected chi connectivity index (χ2v) is 11.2. The molecule has 2 amide bonds. The number of carbonyl (C=O) groups excluding carboxylic acids is 2. The molecule has 5 rings (SSSR count). The fraction of sp³-hybridized carbons (Fsp3) is 0.188. The van der Waals surface area contributed by atoms with Crippen LogP contribution in [0.25, 0.3) is 10.1 Å². The molecule has 0 aliphatic carbocycles. The van der Waals surface area contributed by atoms with Gasteiger partial charge in [-0.3, -0.25) is 9.59 Å². The van der Waals surface area contributed by atoms with Crippen molar-refractivity contribution in [2.45, 2.75) is 27.0 Å². The third kappa shape index (κ3) is 6.35. The standard InChI is InChI=1S/C32H31N3O3S2/c1-3-35(4-2)25-15-16-27-26(19-25)29(38-21-22-10-6-5-7-11-22)30(40-27)32(37)33-20-23-12-8-13-24(18-23)34-31(36)28-14-9-17-39-28/h5-19H,3-4,20-21H2,1-2H3,(H,33,37)(H,34,36). The van der Waals surface area contributed by atoms with Gasteiger partial charge in [-0.1, -0.05) is 48.5 Å². The number of hydrogen-bond acceptors (Lipinski definition) is 6. The van der Waals surface area contributed by atoms with Gasteiger partial charge in [0.05, 0.1) is 4.88 Å². The van der Waals surface area contributed by atoms with Gasteiger partial charge in [0.1, 0.15) is 11.5 Å². The van der Waals surface area contributed by atoms with Gasteiger partial charge in [0.2, 0.25) is 0 Å². The minimum Gasteiger partial charge on any atom is -0.487 e. The van der Waals surface area contributed by atoms with E-state index in [-0.39, 0.29) is 11.8 Å². The molecule has 6 nitrogen and oxygen atoms in total. The monoisotopic (exact) mass is 569 g/mol. The number of rotatable bonds is 11. The Hall–Kier alpha value is -4.14. The fourth-order valence-electron chi connectivity index (χ4n) is 4.49. The van der Waals surface area contributed by atoms with Crippen molar-refractivity contribution in [3.63, 3.8) is 0 Å². The molecule has 0 aliphatic rings. The van der Waals surface area contributed by atoms with Crippen molar-refractivity contribution >= 4 is 55.9 Å². The smallest absolute Gasteiger partial charge is 0.265 e. The van der Waals surface area contributed by atoms with Gasteiger partial charge in [-0.15, -0.1) is 22.7 Å². The quantitative estimate of drug-likeness (QED) is 0.172. The van der Waals surface area contributed by atoms with Gasteiger partial charge < -0.3 is 20.3 Å². The van der Waals surface area contributed by atoms with Crippen LogP contribution in [0.4, 0.5) is 11.4 Å². The van der Waals surface area contributed by atoms with Crippen molar-refractivity contribution in [3.8, 4) is 5.75 Å². The van der Waals surface area contributed by atoms with Crippen molar-refractivity contribution in [1.29, 1.82) is 0 Å². The summed E-state index contributed by atoms with van der Waals surface area (Å²) in [7, 11) is 0. The van der Waals surface area contributed by atoms with E-state index in [2.05, 4.69) is 47.6 Å². The molecule has 40 heavy (non-hydrogen) atoms. The average molecular weight is 570 g/mol. The van der Waals surface area contributed by atoms with E-state index in [0.717, 1.165) is 40.0 Å². The molecule has 0 atom stereocenters. The van der Waals surface area contributed by atoms with E-state index in [1.807, 2.05) is 66.0 Å². The molecule has 8 heteroatoms. The Labute approximate surface area is 242 Å². The molecule has 0 spiro atoms. The lowest BCUT2D eigenvalue weighted by Crippen LogP contribution is -2.22. The average Bonchev–Trinajstić information content (AvgIpc) is 3.65. The van der Waals surface area contributed by atoms with Crippen LogP contribution in [-0.4, -0.2) is 24.9 Å². The number of nitrogens with one attached hydrogen (secondary N) is 2. The summed E-state index contributed by atoms with van der Waals surface area (Å²) in [6.45, 7) is 6.75. The SMILES string of the molecule is CCN(CC)c1ccc2sc(C(=O)NCc3cccc(NC(=O)c4cccs4)c3)c(OCc3ccccc3)c2c1. The number of thiophene rings is 2. The zero-order valence-corrected chi connectivity index (χ0v) is 24.1. The molecule has 5 aromatic rings. The molecule has 204 valence electrons. The van der Waals surface area contributed by atoms with Crippen LogP contribution >= 0.6 is 22.7 Å². The molecule has 2 aromatic heterocycles. The van der Waals surface area contributed by atoms with E-state index in [9.17, 15) is 9.59 Å². The van der Waals surface area contributed by atoms with Crippen molar-refractivity contribution in [1.82, 2.24) is 5.32 Å². The second-order valence-electron chi connectivity index (χ2n) is 9.20. The molecular weight excluding hydrogens is 539 g/mol. The molecule has 2 N–H and O–H groups in total. The molecule has 0 unspecified atom stereocenters. The maximum absolute atomic E-state index is 13.5. The first-order chi connectivity index (χ1) is 19.6. The van der Waals surface area contributed by atoms with Crippen molar-refractivity contribution in [2.75, 3.05) is 23.3 Å². The number of carbonyl (C=O) groups is 2. The zero-order valence-electron chi connectivity index (χ0n) is 22.5. The lowest BCUT2D eigenvalue weighted by atomic mass is 10.1. The van der Waals surface area contributed by atoms with E-state index in [4.69, 9.17) is 4.74 Å². The Balaban J connectivity index is 1.36.